The Bertz CT molecular complexity index is 703. The second kappa shape index (κ2) is 6.84. The molecule has 2 rings (SSSR count). The lowest BCUT2D eigenvalue weighted by Gasteiger charge is -2.23. The summed E-state index contributed by atoms with van der Waals surface area (Å²) in [6, 6.07) is 13.2. The van der Waals surface area contributed by atoms with Crippen LogP contribution in [0.3, 0.4) is 0 Å². The maximum Gasteiger partial charge on any atom is 0.350 e. The van der Waals surface area contributed by atoms with Crippen molar-refractivity contribution in [2.75, 3.05) is 0 Å². The molecular weight excluding hydrogens is 316 g/mol. The van der Waals surface area contributed by atoms with Gasteiger partial charge in [-0.3, -0.25) is 4.79 Å². The fourth-order valence-electron chi connectivity index (χ4n) is 1.95. The molecule has 2 aromatic carbocycles. The molecule has 23 heavy (non-hydrogen) atoms. The van der Waals surface area contributed by atoms with Crippen molar-refractivity contribution in [3.63, 3.8) is 0 Å². The summed E-state index contributed by atoms with van der Waals surface area (Å²) in [5.74, 6) is -0.253. The van der Waals surface area contributed by atoms with Crippen LogP contribution in [0, 0.1) is 7.11 Å². The molecule has 0 bridgehead atoms. The Labute approximate surface area is 140 Å². The first-order valence-electron chi connectivity index (χ1n) is 6.89. The lowest BCUT2D eigenvalue weighted by molar-refractivity contribution is -0.153. The molecular formula is C18H16ClO4. The van der Waals surface area contributed by atoms with Crippen LogP contribution >= 0.6 is 11.6 Å². The Morgan fingerprint density at radius 1 is 0.957 bits per heavy atom. The van der Waals surface area contributed by atoms with Crippen LogP contribution in [-0.4, -0.2) is 17.4 Å². The number of halogens is 1. The molecule has 0 aliphatic carbocycles. The Morgan fingerprint density at radius 3 is 1.91 bits per heavy atom. The van der Waals surface area contributed by atoms with Crippen molar-refractivity contribution in [1.82, 2.24) is 0 Å². The van der Waals surface area contributed by atoms with Crippen LogP contribution in [0.5, 0.6) is 5.75 Å². The minimum Gasteiger partial charge on any atom is -0.476 e. The topological polar surface area (TPSA) is 52.6 Å². The smallest absolute Gasteiger partial charge is 0.350 e. The number of rotatable bonds is 5. The monoisotopic (exact) mass is 331 g/mol. The minimum absolute atomic E-state index is 0.121. The van der Waals surface area contributed by atoms with Crippen LogP contribution in [-0.2, 0) is 9.53 Å². The van der Waals surface area contributed by atoms with Crippen molar-refractivity contribution in [2.24, 2.45) is 0 Å². The van der Waals surface area contributed by atoms with Crippen molar-refractivity contribution in [3.05, 3.63) is 71.8 Å². The van der Waals surface area contributed by atoms with E-state index in [1.165, 1.54) is 0 Å². The zero-order valence-corrected chi connectivity index (χ0v) is 13.6. The standard InChI is InChI=1S/C18H16ClO4/c1-18(2,17(21)22-3)23-15-10-6-13(7-11-15)16(20)12-4-8-14(19)9-5-12/h4-11H,3H2,1-2H3. The second-order valence-electron chi connectivity index (χ2n) is 5.40. The third kappa shape index (κ3) is 4.11. The largest absolute Gasteiger partial charge is 0.476 e. The first kappa shape index (κ1) is 17.0. The molecule has 4 nitrogen and oxygen atoms in total. The number of ether oxygens (including phenoxy) is 2. The van der Waals surface area contributed by atoms with Gasteiger partial charge in [0.25, 0.3) is 0 Å². The number of carbonyl (C=O) groups is 2. The van der Waals surface area contributed by atoms with Crippen LogP contribution in [0.2, 0.25) is 5.02 Å². The van der Waals surface area contributed by atoms with Crippen molar-refractivity contribution < 1.29 is 19.1 Å². The second-order valence-corrected chi connectivity index (χ2v) is 5.84. The fraction of sp³-hybridized carbons (Fsp3) is 0.167. The van der Waals surface area contributed by atoms with E-state index in [4.69, 9.17) is 16.3 Å². The van der Waals surface area contributed by atoms with Crippen LogP contribution in [0.4, 0.5) is 0 Å². The van der Waals surface area contributed by atoms with Gasteiger partial charge in [-0.25, -0.2) is 4.79 Å². The molecule has 0 amide bonds. The predicted octanol–water partition coefficient (Wildman–Crippen LogP) is 4.06. The number of esters is 1. The van der Waals surface area contributed by atoms with E-state index in [9.17, 15) is 9.59 Å². The average Bonchev–Trinajstić information content (AvgIpc) is 2.54. The third-order valence-corrected chi connectivity index (χ3v) is 3.47. The summed E-state index contributed by atoms with van der Waals surface area (Å²) in [6.45, 7) is 3.15. The van der Waals surface area contributed by atoms with Gasteiger partial charge in [-0.1, -0.05) is 11.6 Å². The van der Waals surface area contributed by atoms with Gasteiger partial charge in [0.1, 0.15) is 12.9 Å². The summed E-state index contributed by atoms with van der Waals surface area (Å²) in [5.41, 5.74) is -0.107. The van der Waals surface area contributed by atoms with E-state index >= 15 is 0 Å². The van der Waals surface area contributed by atoms with E-state index in [1.54, 1.807) is 62.4 Å². The van der Waals surface area contributed by atoms with Crippen molar-refractivity contribution in [1.29, 1.82) is 0 Å². The molecule has 0 saturated carbocycles. The maximum atomic E-state index is 12.3. The van der Waals surface area contributed by atoms with E-state index in [0.29, 0.717) is 21.9 Å². The van der Waals surface area contributed by atoms with Gasteiger partial charge in [-0.15, -0.1) is 0 Å². The highest BCUT2D eigenvalue weighted by atomic mass is 35.5. The molecule has 0 fully saturated rings. The van der Waals surface area contributed by atoms with Gasteiger partial charge < -0.3 is 9.47 Å². The average molecular weight is 332 g/mol. The molecule has 1 radical (unpaired) electrons. The summed E-state index contributed by atoms with van der Waals surface area (Å²) < 4.78 is 10.0. The third-order valence-electron chi connectivity index (χ3n) is 3.22. The van der Waals surface area contributed by atoms with Gasteiger partial charge in [0.05, 0.1) is 0 Å². The fourth-order valence-corrected chi connectivity index (χ4v) is 2.08. The van der Waals surface area contributed by atoms with E-state index < -0.39 is 11.6 Å². The van der Waals surface area contributed by atoms with Gasteiger partial charge in [0, 0.05) is 16.1 Å². The molecule has 0 aliphatic rings. The number of benzene rings is 2. The van der Waals surface area contributed by atoms with Crippen molar-refractivity contribution in [2.45, 2.75) is 19.4 Å². The summed E-state index contributed by atoms with van der Waals surface area (Å²) in [6.07, 6.45) is 0. The SMILES string of the molecule is [CH2]OC(=O)C(C)(C)Oc1ccc(C(=O)c2ccc(Cl)cc2)cc1. The molecule has 0 heterocycles. The predicted molar refractivity (Wildman–Crippen MR) is 87.5 cm³/mol. The molecule has 0 unspecified atom stereocenters. The van der Waals surface area contributed by atoms with E-state index in [0.717, 1.165) is 0 Å². The highest BCUT2D eigenvalue weighted by Crippen LogP contribution is 2.21. The van der Waals surface area contributed by atoms with Crippen LogP contribution in [0.1, 0.15) is 29.8 Å². The first-order valence-corrected chi connectivity index (χ1v) is 7.27. The molecule has 0 spiro atoms. The maximum absolute atomic E-state index is 12.3. The highest BCUT2D eigenvalue weighted by Gasteiger charge is 2.31. The molecule has 0 aliphatic heterocycles. The summed E-state index contributed by atoms with van der Waals surface area (Å²) in [7, 11) is 3.09. The van der Waals surface area contributed by atoms with Gasteiger partial charge in [-0.05, 0) is 62.4 Å². The molecule has 5 heteroatoms. The Balaban J connectivity index is 2.15. The lowest BCUT2D eigenvalue weighted by Crippen LogP contribution is -2.38. The lowest BCUT2D eigenvalue weighted by atomic mass is 10.0. The first-order chi connectivity index (χ1) is 10.8. The summed E-state index contributed by atoms with van der Waals surface area (Å²) >= 11 is 5.81. The molecule has 0 N–H and O–H groups in total. The van der Waals surface area contributed by atoms with Crippen LogP contribution in [0.25, 0.3) is 0 Å². The van der Waals surface area contributed by atoms with Gasteiger partial charge in [0.2, 0.25) is 0 Å². The minimum atomic E-state index is -1.16. The number of carbonyl (C=O) groups excluding carboxylic acids is 2. The normalized spacial score (nSPS) is 11.0. The number of hydrogen-bond acceptors (Lipinski definition) is 4. The quantitative estimate of drug-likeness (QED) is 0.612. The molecule has 0 atom stereocenters. The van der Waals surface area contributed by atoms with E-state index in [-0.39, 0.29) is 5.78 Å². The Hall–Kier alpha value is -2.33. The Morgan fingerprint density at radius 2 is 1.43 bits per heavy atom. The summed E-state index contributed by atoms with van der Waals surface area (Å²) in [5, 5.41) is 0.574. The van der Waals surface area contributed by atoms with E-state index in [1.807, 2.05) is 0 Å². The molecule has 0 saturated heterocycles. The molecule has 2 aromatic rings. The highest BCUT2D eigenvalue weighted by molar-refractivity contribution is 6.30. The Kier molecular flexibility index (Phi) is 5.06. The van der Waals surface area contributed by atoms with Crippen LogP contribution < -0.4 is 4.74 Å². The number of hydrogen-bond donors (Lipinski definition) is 0. The zero-order chi connectivity index (χ0) is 17.0. The van der Waals surface area contributed by atoms with Gasteiger partial charge >= 0.3 is 5.97 Å². The number of ketones is 1. The molecule has 0 aromatic heterocycles. The van der Waals surface area contributed by atoms with Gasteiger partial charge in [0.15, 0.2) is 11.4 Å². The van der Waals surface area contributed by atoms with Crippen molar-refractivity contribution >= 4 is 23.4 Å². The van der Waals surface area contributed by atoms with Gasteiger partial charge in [-0.2, -0.15) is 0 Å². The van der Waals surface area contributed by atoms with Crippen LogP contribution in [0.15, 0.2) is 48.5 Å². The summed E-state index contributed by atoms with van der Waals surface area (Å²) in [4.78, 5) is 23.9. The zero-order valence-electron chi connectivity index (χ0n) is 12.8. The van der Waals surface area contributed by atoms with E-state index in [2.05, 4.69) is 11.8 Å². The van der Waals surface area contributed by atoms with Crippen molar-refractivity contribution in [3.8, 4) is 5.75 Å². The molecule has 119 valence electrons.